The summed E-state index contributed by atoms with van der Waals surface area (Å²) in [6, 6.07) is 2.16. The molecule has 0 aromatic heterocycles. The zero-order chi connectivity index (χ0) is 10.8. The minimum absolute atomic E-state index is 0.0810. The molecule has 0 saturated carbocycles. The van der Waals surface area contributed by atoms with E-state index in [9.17, 15) is 4.79 Å². The molecular formula is C11H18N2O. The van der Waals surface area contributed by atoms with E-state index < -0.39 is 0 Å². The lowest BCUT2D eigenvalue weighted by Gasteiger charge is -2.23. The van der Waals surface area contributed by atoms with Gasteiger partial charge in [0, 0.05) is 19.5 Å². The van der Waals surface area contributed by atoms with Crippen LogP contribution >= 0.6 is 0 Å². The molecule has 0 aromatic carbocycles. The summed E-state index contributed by atoms with van der Waals surface area (Å²) >= 11 is 0. The third-order valence-corrected chi connectivity index (χ3v) is 2.53. The maximum Gasteiger partial charge on any atom is 0.224 e. The van der Waals surface area contributed by atoms with Crippen molar-refractivity contribution in [3.05, 3.63) is 0 Å². The number of nitriles is 1. The first kappa shape index (κ1) is 11.0. The highest BCUT2D eigenvalue weighted by molar-refractivity contribution is 5.79. The zero-order valence-electron chi connectivity index (χ0n) is 9.21. The van der Waals surface area contributed by atoms with Gasteiger partial charge in [0.15, 0.2) is 0 Å². The zero-order valence-corrected chi connectivity index (χ0v) is 9.21. The topological polar surface area (TPSA) is 44.1 Å². The molecule has 1 unspecified atom stereocenters. The molecule has 0 aliphatic carbocycles. The second-order valence-electron chi connectivity index (χ2n) is 5.18. The van der Waals surface area contributed by atoms with Crippen molar-refractivity contribution in [2.45, 2.75) is 33.6 Å². The maximum absolute atomic E-state index is 11.4. The highest BCUT2D eigenvalue weighted by Crippen LogP contribution is 2.22. The Balaban J connectivity index is 2.40. The number of nitrogens with zero attached hydrogens (tertiary/aromatic N) is 2. The van der Waals surface area contributed by atoms with Crippen LogP contribution in [0.25, 0.3) is 0 Å². The second kappa shape index (κ2) is 4.00. The number of carbonyl (C=O) groups is 1. The lowest BCUT2D eigenvalue weighted by atomic mass is 9.92. The summed E-state index contributed by atoms with van der Waals surface area (Å²) in [5.74, 6) is 0.0586. The molecular weight excluding hydrogens is 176 g/mol. The summed E-state index contributed by atoms with van der Waals surface area (Å²) in [4.78, 5) is 13.3. The molecule has 1 saturated heterocycles. The molecule has 78 valence electrons. The van der Waals surface area contributed by atoms with Crippen LogP contribution < -0.4 is 0 Å². The van der Waals surface area contributed by atoms with Crippen LogP contribution in [0.4, 0.5) is 0 Å². The lowest BCUT2D eigenvalue weighted by Crippen LogP contribution is -2.28. The standard InChI is InChI=1S/C11H18N2O/c1-11(2,3)4-5-13-8-9(7-12)6-10(13)14/h9H,4-6,8H2,1-3H3. The number of hydrogen-bond acceptors (Lipinski definition) is 2. The normalized spacial score (nSPS) is 22.6. The van der Waals surface area contributed by atoms with Crippen LogP contribution in [0.5, 0.6) is 0 Å². The predicted octanol–water partition coefficient (Wildman–Crippen LogP) is 1.79. The van der Waals surface area contributed by atoms with Crippen molar-refractivity contribution in [2.24, 2.45) is 11.3 Å². The number of likely N-dealkylation sites (tertiary alicyclic amines) is 1. The molecule has 1 fully saturated rings. The molecule has 1 amide bonds. The smallest absolute Gasteiger partial charge is 0.224 e. The van der Waals surface area contributed by atoms with E-state index in [0.717, 1.165) is 13.0 Å². The molecule has 0 spiro atoms. The second-order valence-corrected chi connectivity index (χ2v) is 5.18. The summed E-state index contributed by atoms with van der Waals surface area (Å²) in [7, 11) is 0. The van der Waals surface area contributed by atoms with Crippen LogP contribution in [0.1, 0.15) is 33.6 Å². The summed E-state index contributed by atoms with van der Waals surface area (Å²) in [6.45, 7) is 7.91. The number of hydrogen-bond donors (Lipinski definition) is 0. The third kappa shape index (κ3) is 3.02. The first-order valence-corrected chi connectivity index (χ1v) is 5.10. The Morgan fingerprint density at radius 2 is 2.21 bits per heavy atom. The molecule has 14 heavy (non-hydrogen) atoms. The first-order chi connectivity index (χ1) is 6.42. The van der Waals surface area contributed by atoms with Gasteiger partial charge in [-0.3, -0.25) is 4.79 Å². The average Bonchev–Trinajstić information content (AvgIpc) is 2.42. The molecule has 0 aromatic rings. The van der Waals surface area contributed by atoms with Crippen LogP contribution in [0.15, 0.2) is 0 Å². The third-order valence-electron chi connectivity index (χ3n) is 2.53. The summed E-state index contributed by atoms with van der Waals surface area (Å²) in [6.07, 6.45) is 1.41. The number of carbonyl (C=O) groups excluding carboxylic acids is 1. The number of amides is 1. The van der Waals surface area contributed by atoms with Crippen molar-refractivity contribution in [1.29, 1.82) is 5.26 Å². The lowest BCUT2D eigenvalue weighted by molar-refractivity contribution is -0.127. The summed E-state index contributed by atoms with van der Waals surface area (Å²) < 4.78 is 0. The van der Waals surface area contributed by atoms with Gasteiger partial charge in [0.2, 0.25) is 5.91 Å². The fourth-order valence-corrected chi connectivity index (χ4v) is 1.55. The molecule has 1 aliphatic rings. The van der Waals surface area contributed by atoms with E-state index >= 15 is 0 Å². The molecule has 1 atom stereocenters. The largest absolute Gasteiger partial charge is 0.341 e. The van der Waals surface area contributed by atoms with Gasteiger partial charge in [-0.15, -0.1) is 0 Å². The summed E-state index contributed by atoms with van der Waals surface area (Å²) in [5, 5.41) is 8.70. The molecule has 0 N–H and O–H groups in total. The van der Waals surface area contributed by atoms with E-state index in [4.69, 9.17) is 5.26 Å². The van der Waals surface area contributed by atoms with Gasteiger partial charge in [0.25, 0.3) is 0 Å². The van der Waals surface area contributed by atoms with Gasteiger partial charge in [-0.25, -0.2) is 0 Å². The van der Waals surface area contributed by atoms with Crippen LogP contribution in [0.2, 0.25) is 0 Å². The summed E-state index contributed by atoms with van der Waals surface area (Å²) in [5.41, 5.74) is 0.255. The van der Waals surface area contributed by atoms with Crippen LogP contribution in [0, 0.1) is 22.7 Å². The molecule has 1 aliphatic heterocycles. The first-order valence-electron chi connectivity index (χ1n) is 5.10. The van der Waals surface area contributed by atoms with Crippen molar-refractivity contribution >= 4 is 5.91 Å². The minimum atomic E-state index is -0.0810. The highest BCUT2D eigenvalue weighted by atomic mass is 16.2. The fraction of sp³-hybridized carbons (Fsp3) is 0.818. The monoisotopic (exact) mass is 194 g/mol. The Labute approximate surface area is 85.7 Å². The average molecular weight is 194 g/mol. The van der Waals surface area contributed by atoms with Gasteiger partial charge < -0.3 is 4.90 Å². The Hall–Kier alpha value is -1.04. The van der Waals surface area contributed by atoms with Gasteiger partial charge in [-0.2, -0.15) is 5.26 Å². The van der Waals surface area contributed by atoms with Gasteiger partial charge in [-0.05, 0) is 11.8 Å². The molecule has 3 nitrogen and oxygen atoms in total. The quantitative estimate of drug-likeness (QED) is 0.672. The Bertz CT molecular complexity index is 259. The predicted molar refractivity (Wildman–Crippen MR) is 54.4 cm³/mol. The van der Waals surface area contributed by atoms with Gasteiger partial charge in [-0.1, -0.05) is 20.8 Å². The molecule has 1 rings (SSSR count). The highest BCUT2D eigenvalue weighted by Gasteiger charge is 2.29. The van der Waals surface area contributed by atoms with E-state index in [1.54, 1.807) is 0 Å². The number of rotatable bonds is 2. The van der Waals surface area contributed by atoms with Crippen molar-refractivity contribution in [1.82, 2.24) is 4.90 Å². The van der Waals surface area contributed by atoms with Crippen molar-refractivity contribution in [2.75, 3.05) is 13.1 Å². The molecule has 3 heteroatoms. The Kier molecular flexibility index (Phi) is 3.15. The Morgan fingerprint density at radius 3 is 2.64 bits per heavy atom. The maximum atomic E-state index is 11.4. The van der Waals surface area contributed by atoms with E-state index in [0.29, 0.717) is 13.0 Å². The van der Waals surface area contributed by atoms with Crippen molar-refractivity contribution < 1.29 is 4.79 Å². The van der Waals surface area contributed by atoms with E-state index in [2.05, 4.69) is 26.8 Å². The van der Waals surface area contributed by atoms with Gasteiger partial charge >= 0.3 is 0 Å². The molecule has 0 bridgehead atoms. The van der Waals surface area contributed by atoms with E-state index in [1.165, 1.54) is 0 Å². The van der Waals surface area contributed by atoms with Crippen LogP contribution in [-0.2, 0) is 4.79 Å². The fourth-order valence-electron chi connectivity index (χ4n) is 1.55. The molecule has 1 heterocycles. The molecule has 0 radical (unpaired) electrons. The van der Waals surface area contributed by atoms with Crippen LogP contribution in [0.3, 0.4) is 0 Å². The minimum Gasteiger partial charge on any atom is -0.341 e. The van der Waals surface area contributed by atoms with Crippen molar-refractivity contribution in [3.8, 4) is 6.07 Å². The van der Waals surface area contributed by atoms with E-state index in [1.807, 2.05) is 4.90 Å². The van der Waals surface area contributed by atoms with E-state index in [-0.39, 0.29) is 17.2 Å². The van der Waals surface area contributed by atoms with Gasteiger partial charge in [0.05, 0.1) is 12.0 Å². The Morgan fingerprint density at radius 1 is 1.57 bits per heavy atom. The van der Waals surface area contributed by atoms with Gasteiger partial charge in [0.1, 0.15) is 0 Å². The van der Waals surface area contributed by atoms with Crippen LogP contribution in [-0.4, -0.2) is 23.9 Å². The SMILES string of the molecule is CC(C)(C)CCN1CC(C#N)CC1=O. The van der Waals surface area contributed by atoms with Crippen molar-refractivity contribution in [3.63, 3.8) is 0 Å².